The van der Waals surface area contributed by atoms with Crippen molar-refractivity contribution in [1.82, 2.24) is 9.97 Å². The molecule has 0 fully saturated rings. The van der Waals surface area contributed by atoms with Crippen molar-refractivity contribution in [3.8, 4) is 12.3 Å². The molecule has 0 saturated heterocycles. The van der Waals surface area contributed by atoms with Gasteiger partial charge in [0.15, 0.2) is 0 Å². The largest absolute Gasteiger partial charge is 0.404 e. The van der Waals surface area contributed by atoms with Gasteiger partial charge in [-0.1, -0.05) is 17.5 Å². The summed E-state index contributed by atoms with van der Waals surface area (Å²) in [6.45, 7) is 0. The lowest BCUT2D eigenvalue weighted by atomic mass is 9.99. The molecule has 25 heavy (non-hydrogen) atoms. The summed E-state index contributed by atoms with van der Waals surface area (Å²) in [7, 11) is 0. The predicted octanol–water partition coefficient (Wildman–Crippen LogP) is 3.77. The smallest absolute Gasteiger partial charge is 0.132 e. The molecular formula is C19H12ClFN4. The third kappa shape index (κ3) is 3.21. The number of benzene rings is 1. The van der Waals surface area contributed by atoms with Crippen molar-refractivity contribution in [3.05, 3.63) is 76.5 Å². The molecule has 1 aromatic carbocycles. The van der Waals surface area contributed by atoms with E-state index in [4.69, 9.17) is 29.2 Å². The minimum absolute atomic E-state index is 0.0431. The molecule has 0 aliphatic carbocycles. The zero-order valence-electron chi connectivity index (χ0n) is 12.9. The van der Waals surface area contributed by atoms with E-state index in [0.29, 0.717) is 27.3 Å². The Labute approximate surface area is 148 Å². The van der Waals surface area contributed by atoms with E-state index < -0.39 is 5.82 Å². The molecule has 4 nitrogen and oxygen atoms in total. The first-order valence-electron chi connectivity index (χ1n) is 7.23. The molecule has 3 aromatic rings. The minimum Gasteiger partial charge on any atom is -0.404 e. The zero-order chi connectivity index (χ0) is 18.0. The topological polar surface area (TPSA) is 75.7 Å². The number of hydrogen-bond donors (Lipinski definition) is 2. The monoisotopic (exact) mass is 350 g/mol. The fourth-order valence-corrected chi connectivity index (χ4v) is 2.54. The van der Waals surface area contributed by atoms with Crippen LogP contribution in [0.4, 0.5) is 4.39 Å². The summed E-state index contributed by atoms with van der Waals surface area (Å²) < 4.78 is 14.1. The quantitative estimate of drug-likeness (QED) is 0.557. The highest BCUT2D eigenvalue weighted by molar-refractivity contribution is 6.33. The van der Waals surface area contributed by atoms with Crippen LogP contribution in [-0.2, 0) is 0 Å². The molecule has 6 heteroatoms. The fourth-order valence-electron chi connectivity index (χ4n) is 2.37. The first kappa shape index (κ1) is 16.6. The first-order chi connectivity index (χ1) is 12.0. The van der Waals surface area contributed by atoms with Gasteiger partial charge in [-0.25, -0.2) is 9.37 Å². The van der Waals surface area contributed by atoms with Crippen LogP contribution >= 0.6 is 11.6 Å². The number of fused-ring (bicyclic) bond motifs is 1. The third-order valence-electron chi connectivity index (χ3n) is 3.61. The van der Waals surface area contributed by atoms with E-state index in [2.05, 4.69) is 15.9 Å². The summed E-state index contributed by atoms with van der Waals surface area (Å²) in [5, 5.41) is 8.64. The Bertz CT molecular complexity index is 1070. The number of pyridine rings is 2. The predicted molar refractivity (Wildman–Crippen MR) is 97.9 cm³/mol. The molecule has 3 N–H and O–H groups in total. The minimum atomic E-state index is -0.564. The molecule has 0 bridgehead atoms. The maximum atomic E-state index is 14.1. The molecule has 0 saturated carbocycles. The fraction of sp³-hybridized carbons (Fsp3) is 0. The van der Waals surface area contributed by atoms with E-state index in [-0.39, 0.29) is 16.8 Å². The second-order valence-electron chi connectivity index (χ2n) is 5.18. The van der Waals surface area contributed by atoms with Gasteiger partial charge in [-0.2, -0.15) is 0 Å². The zero-order valence-corrected chi connectivity index (χ0v) is 13.7. The summed E-state index contributed by atoms with van der Waals surface area (Å²) in [5.74, 6) is 1.93. The second kappa shape index (κ2) is 6.71. The molecule has 0 aliphatic rings. The van der Waals surface area contributed by atoms with Gasteiger partial charge in [-0.15, -0.1) is 6.42 Å². The number of rotatable bonds is 3. The molecule has 0 aliphatic heterocycles. The Balaban J connectivity index is 2.09. The highest BCUT2D eigenvalue weighted by Gasteiger charge is 2.16. The van der Waals surface area contributed by atoms with Crippen LogP contribution in [0.1, 0.15) is 16.8 Å². The van der Waals surface area contributed by atoms with Crippen molar-refractivity contribution in [3.63, 3.8) is 0 Å². The number of halogens is 2. The Morgan fingerprint density at radius 3 is 2.76 bits per heavy atom. The number of nitrogens with one attached hydrogen (secondary N) is 1. The molecular weight excluding hydrogens is 339 g/mol. The third-order valence-corrected chi connectivity index (χ3v) is 3.85. The lowest BCUT2D eigenvalue weighted by molar-refractivity contribution is 0.625. The molecule has 122 valence electrons. The van der Waals surface area contributed by atoms with Gasteiger partial charge in [0.25, 0.3) is 0 Å². The molecule has 0 radical (unpaired) electrons. The van der Waals surface area contributed by atoms with Crippen LogP contribution in [0.2, 0.25) is 5.02 Å². The van der Waals surface area contributed by atoms with Gasteiger partial charge in [0, 0.05) is 34.1 Å². The van der Waals surface area contributed by atoms with Crippen LogP contribution in [0.15, 0.2) is 48.8 Å². The molecule has 0 unspecified atom stereocenters. The second-order valence-corrected chi connectivity index (χ2v) is 5.62. The maximum absolute atomic E-state index is 14.1. The number of aromatic nitrogens is 2. The van der Waals surface area contributed by atoms with E-state index in [1.807, 2.05) is 0 Å². The van der Waals surface area contributed by atoms with Crippen molar-refractivity contribution in [2.24, 2.45) is 5.73 Å². The molecule has 2 aromatic heterocycles. The van der Waals surface area contributed by atoms with E-state index in [9.17, 15) is 4.39 Å². The standard InChI is InChI=1S/C19H12ClFN4/c1-2-11-7-18-17(24-10-11)6-5-16(25-18)14(9-22)19(23)13-8-12(20)3-4-15(13)21/h1,3-10,23H,22H2/b14-9-,23-19?. The van der Waals surface area contributed by atoms with Crippen molar-refractivity contribution >= 4 is 33.9 Å². The van der Waals surface area contributed by atoms with Crippen LogP contribution in [0.25, 0.3) is 16.6 Å². The molecule has 3 rings (SSSR count). The number of nitrogens with two attached hydrogens (primary N) is 1. The average Bonchev–Trinajstić information content (AvgIpc) is 2.63. The number of terminal acetylenes is 1. The normalized spacial score (nSPS) is 11.3. The van der Waals surface area contributed by atoms with Crippen molar-refractivity contribution in [2.45, 2.75) is 0 Å². The van der Waals surface area contributed by atoms with Crippen LogP contribution in [0, 0.1) is 23.6 Å². The Morgan fingerprint density at radius 2 is 2.04 bits per heavy atom. The highest BCUT2D eigenvalue weighted by atomic mass is 35.5. The van der Waals surface area contributed by atoms with Gasteiger partial charge in [-0.3, -0.25) is 10.4 Å². The van der Waals surface area contributed by atoms with Gasteiger partial charge >= 0.3 is 0 Å². The van der Waals surface area contributed by atoms with Gasteiger partial charge < -0.3 is 5.73 Å². The summed E-state index contributed by atoms with van der Waals surface area (Å²) in [6.07, 6.45) is 8.18. The summed E-state index contributed by atoms with van der Waals surface area (Å²) in [5.41, 5.74) is 8.10. The lowest BCUT2D eigenvalue weighted by Crippen LogP contribution is -2.09. The number of hydrogen-bond acceptors (Lipinski definition) is 4. The molecule has 2 heterocycles. The molecule has 0 spiro atoms. The van der Waals surface area contributed by atoms with Gasteiger partial charge in [0.2, 0.25) is 0 Å². The van der Waals surface area contributed by atoms with Gasteiger partial charge in [0.05, 0.1) is 22.4 Å². The number of allylic oxidation sites excluding steroid dienone is 1. The van der Waals surface area contributed by atoms with Crippen LogP contribution in [0.3, 0.4) is 0 Å². The Kier molecular flexibility index (Phi) is 4.46. The van der Waals surface area contributed by atoms with Crippen LogP contribution in [-0.4, -0.2) is 15.7 Å². The Morgan fingerprint density at radius 1 is 1.24 bits per heavy atom. The van der Waals surface area contributed by atoms with E-state index in [1.54, 1.807) is 24.4 Å². The summed E-state index contributed by atoms with van der Waals surface area (Å²) >= 11 is 5.91. The van der Waals surface area contributed by atoms with Crippen molar-refractivity contribution in [2.75, 3.05) is 0 Å². The molecule has 0 atom stereocenters. The van der Waals surface area contributed by atoms with Crippen molar-refractivity contribution < 1.29 is 4.39 Å². The van der Waals surface area contributed by atoms with E-state index in [1.165, 1.54) is 24.4 Å². The maximum Gasteiger partial charge on any atom is 0.132 e. The van der Waals surface area contributed by atoms with Crippen LogP contribution in [0.5, 0.6) is 0 Å². The SMILES string of the molecule is C#Cc1cnc2ccc(/C(=C/N)C(=N)c3cc(Cl)ccc3F)nc2c1. The lowest BCUT2D eigenvalue weighted by Gasteiger charge is -2.11. The highest BCUT2D eigenvalue weighted by Crippen LogP contribution is 2.23. The first-order valence-corrected chi connectivity index (χ1v) is 7.61. The Hall–Kier alpha value is -3.23. The number of nitrogens with zero attached hydrogens (tertiary/aromatic N) is 2. The summed E-state index contributed by atoms with van der Waals surface area (Å²) in [6, 6.07) is 9.12. The van der Waals surface area contributed by atoms with Crippen molar-refractivity contribution in [1.29, 1.82) is 5.41 Å². The van der Waals surface area contributed by atoms with E-state index >= 15 is 0 Å². The van der Waals surface area contributed by atoms with Crippen LogP contribution < -0.4 is 5.73 Å². The van der Waals surface area contributed by atoms with Gasteiger partial charge in [-0.05, 0) is 36.4 Å². The average molecular weight is 351 g/mol. The summed E-state index contributed by atoms with van der Waals surface area (Å²) in [4.78, 5) is 8.67. The van der Waals surface area contributed by atoms with Gasteiger partial charge in [0.1, 0.15) is 5.82 Å². The van der Waals surface area contributed by atoms with E-state index in [0.717, 1.165) is 0 Å². The molecule has 0 amide bonds.